The van der Waals surface area contributed by atoms with Crippen LogP contribution < -0.4 is 0 Å². The number of nitriles is 1. The number of hydrogen-bond acceptors (Lipinski definition) is 1. The van der Waals surface area contributed by atoms with Crippen LogP contribution in [0.3, 0.4) is 0 Å². The average Bonchev–Trinajstić information content (AvgIpc) is 2.39. The smallest absolute Gasteiger partial charge is 0.0712 e. The fourth-order valence-corrected chi connectivity index (χ4v) is 2.39. The molecule has 0 heterocycles. The highest BCUT2D eigenvalue weighted by atomic mass is 79.9. The van der Waals surface area contributed by atoms with Gasteiger partial charge in [0.2, 0.25) is 0 Å². The normalized spacial score (nSPS) is 12.1. The fraction of sp³-hybridized carbons (Fsp3) is 0.562. The first-order valence-corrected chi connectivity index (χ1v) is 7.72. The Hall–Kier alpha value is -0.810. The Labute approximate surface area is 119 Å². The first kappa shape index (κ1) is 15.2. The van der Waals surface area contributed by atoms with E-state index >= 15 is 0 Å². The molecule has 0 spiro atoms. The van der Waals surface area contributed by atoms with Crippen LogP contribution >= 0.6 is 15.9 Å². The highest BCUT2D eigenvalue weighted by molar-refractivity contribution is 9.10. The van der Waals surface area contributed by atoms with E-state index in [4.69, 9.17) is 0 Å². The molecule has 1 nitrogen and oxygen atoms in total. The fourth-order valence-electron chi connectivity index (χ4n) is 2.13. The lowest BCUT2D eigenvalue weighted by Crippen LogP contribution is -1.95. The molecule has 0 N–H and O–H groups in total. The molecule has 0 bridgehead atoms. The van der Waals surface area contributed by atoms with Crippen LogP contribution in [-0.2, 0) is 0 Å². The molecule has 0 radical (unpaired) electrons. The topological polar surface area (TPSA) is 23.8 Å². The Morgan fingerprint density at radius 3 is 2.28 bits per heavy atom. The summed E-state index contributed by atoms with van der Waals surface area (Å²) in [5.74, 6) is 0.0595. The molecule has 0 aliphatic carbocycles. The highest BCUT2D eigenvalue weighted by Crippen LogP contribution is 2.23. The molecule has 0 aliphatic heterocycles. The van der Waals surface area contributed by atoms with Crippen molar-refractivity contribution >= 4 is 15.9 Å². The number of benzene rings is 1. The first-order valence-electron chi connectivity index (χ1n) is 6.93. The Balaban J connectivity index is 2.30. The molecule has 1 aromatic rings. The second kappa shape index (κ2) is 9.16. The molecule has 2 heteroatoms. The summed E-state index contributed by atoms with van der Waals surface area (Å²) in [7, 11) is 0. The summed E-state index contributed by atoms with van der Waals surface area (Å²) in [5, 5.41) is 9.23. The van der Waals surface area contributed by atoms with Crippen LogP contribution in [0.4, 0.5) is 0 Å². The van der Waals surface area contributed by atoms with Gasteiger partial charge in [-0.15, -0.1) is 0 Å². The highest BCUT2D eigenvalue weighted by Gasteiger charge is 2.09. The second-order valence-corrected chi connectivity index (χ2v) is 5.71. The van der Waals surface area contributed by atoms with Crippen molar-refractivity contribution in [3.63, 3.8) is 0 Å². The van der Waals surface area contributed by atoms with Crippen molar-refractivity contribution in [2.24, 2.45) is 0 Å². The van der Waals surface area contributed by atoms with Crippen molar-refractivity contribution in [1.82, 2.24) is 0 Å². The van der Waals surface area contributed by atoms with E-state index in [1.165, 1.54) is 32.1 Å². The number of halogens is 1. The molecule has 18 heavy (non-hydrogen) atoms. The molecule has 0 amide bonds. The Morgan fingerprint density at radius 1 is 1.06 bits per heavy atom. The number of hydrogen-bond donors (Lipinski definition) is 0. The lowest BCUT2D eigenvalue weighted by atomic mass is 9.94. The molecule has 1 rings (SSSR count). The van der Waals surface area contributed by atoms with E-state index in [0.717, 1.165) is 22.9 Å². The summed E-state index contributed by atoms with van der Waals surface area (Å²) in [6.45, 7) is 2.24. The Bertz CT molecular complexity index is 364. The minimum absolute atomic E-state index is 0.0595. The van der Waals surface area contributed by atoms with E-state index in [2.05, 4.69) is 41.1 Å². The summed E-state index contributed by atoms with van der Waals surface area (Å²) in [4.78, 5) is 0. The zero-order chi connectivity index (χ0) is 13.2. The van der Waals surface area contributed by atoms with Gasteiger partial charge in [-0.1, -0.05) is 73.5 Å². The second-order valence-electron chi connectivity index (χ2n) is 4.79. The number of rotatable bonds is 8. The predicted octanol–water partition coefficient (Wildman–Crippen LogP) is 5.81. The SMILES string of the molecule is CCCCCCCC[C@H](C#N)c1ccc(Br)cc1. The van der Waals surface area contributed by atoms with Crippen LogP contribution in [0, 0.1) is 11.3 Å². The molecule has 1 atom stereocenters. The lowest BCUT2D eigenvalue weighted by molar-refractivity contribution is 0.575. The monoisotopic (exact) mass is 307 g/mol. The Morgan fingerprint density at radius 2 is 1.67 bits per heavy atom. The molecule has 0 saturated heterocycles. The third-order valence-electron chi connectivity index (χ3n) is 3.27. The van der Waals surface area contributed by atoms with Gasteiger partial charge in [-0.05, 0) is 24.1 Å². The maximum absolute atomic E-state index is 9.23. The summed E-state index contributed by atoms with van der Waals surface area (Å²) in [6.07, 6.45) is 8.70. The van der Waals surface area contributed by atoms with Crippen LogP contribution in [0.15, 0.2) is 28.7 Å². The van der Waals surface area contributed by atoms with E-state index in [9.17, 15) is 5.26 Å². The van der Waals surface area contributed by atoms with Gasteiger partial charge in [-0.2, -0.15) is 5.26 Å². The van der Waals surface area contributed by atoms with Crippen LogP contribution in [0.25, 0.3) is 0 Å². The van der Waals surface area contributed by atoms with E-state index in [-0.39, 0.29) is 5.92 Å². The molecule has 98 valence electrons. The lowest BCUT2D eigenvalue weighted by Gasteiger charge is -2.09. The third kappa shape index (κ3) is 5.69. The van der Waals surface area contributed by atoms with Gasteiger partial charge in [-0.25, -0.2) is 0 Å². The standard InChI is InChI=1S/C16H22BrN/c1-2-3-4-5-6-7-8-15(13-18)14-9-11-16(17)12-10-14/h9-12,15H,2-8H2,1H3/t15-/m1/s1. The third-order valence-corrected chi connectivity index (χ3v) is 3.80. The van der Waals surface area contributed by atoms with Crippen molar-refractivity contribution in [2.45, 2.75) is 57.8 Å². The predicted molar refractivity (Wildman–Crippen MR) is 80.5 cm³/mol. The van der Waals surface area contributed by atoms with E-state index in [1.54, 1.807) is 0 Å². The van der Waals surface area contributed by atoms with Crippen LogP contribution in [0.1, 0.15) is 63.4 Å². The minimum atomic E-state index is 0.0595. The average molecular weight is 308 g/mol. The van der Waals surface area contributed by atoms with Crippen molar-refractivity contribution in [3.8, 4) is 6.07 Å². The Kier molecular flexibility index (Phi) is 7.76. The van der Waals surface area contributed by atoms with Crippen LogP contribution in [0.2, 0.25) is 0 Å². The van der Waals surface area contributed by atoms with Crippen LogP contribution in [0.5, 0.6) is 0 Å². The summed E-state index contributed by atoms with van der Waals surface area (Å²) in [6, 6.07) is 10.6. The van der Waals surface area contributed by atoms with E-state index in [0.29, 0.717) is 0 Å². The zero-order valence-corrected chi connectivity index (χ0v) is 12.7. The molecule has 0 aliphatic rings. The maximum Gasteiger partial charge on any atom is 0.0712 e. The van der Waals surface area contributed by atoms with Gasteiger partial charge >= 0.3 is 0 Å². The molecular formula is C16H22BrN. The molecule has 1 aromatic carbocycles. The van der Waals surface area contributed by atoms with Crippen molar-refractivity contribution < 1.29 is 0 Å². The maximum atomic E-state index is 9.23. The van der Waals surface area contributed by atoms with Crippen molar-refractivity contribution in [3.05, 3.63) is 34.3 Å². The molecule has 0 aromatic heterocycles. The number of nitrogens with zero attached hydrogens (tertiary/aromatic N) is 1. The van der Waals surface area contributed by atoms with Crippen molar-refractivity contribution in [1.29, 1.82) is 5.26 Å². The largest absolute Gasteiger partial charge is 0.198 e. The van der Waals surface area contributed by atoms with Gasteiger partial charge in [-0.3, -0.25) is 0 Å². The minimum Gasteiger partial charge on any atom is -0.198 e. The van der Waals surface area contributed by atoms with Gasteiger partial charge in [0.15, 0.2) is 0 Å². The molecule has 0 unspecified atom stereocenters. The molecular weight excluding hydrogens is 286 g/mol. The first-order chi connectivity index (χ1) is 8.77. The van der Waals surface area contributed by atoms with Gasteiger partial charge in [0.25, 0.3) is 0 Å². The summed E-state index contributed by atoms with van der Waals surface area (Å²) >= 11 is 3.42. The van der Waals surface area contributed by atoms with Gasteiger partial charge in [0.05, 0.1) is 12.0 Å². The number of unbranched alkanes of at least 4 members (excludes halogenated alkanes) is 5. The molecule has 0 fully saturated rings. The van der Waals surface area contributed by atoms with Gasteiger partial charge in [0, 0.05) is 4.47 Å². The summed E-state index contributed by atoms with van der Waals surface area (Å²) < 4.78 is 1.07. The van der Waals surface area contributed by atoms with Crippen LogP contribution in [-0.4, -0.2) is 0 Å². The quantitative estimate of drug-likeness (QED) is 0.556. The van der Waals surface area contributed by atoms with E-state index in [1.807, 2.05) is 12.1 Å². The van der Waals surface area contributed by atoms with E-state index < -0.39 is 0 Å². The zero-order valence-electron chi connectivity index (χ0n) is 11.2. The van der Waals surface area contributed by atoms with Gasteiger partial charge < -0.3 is 0 Å². The molecule has 0 saturated carbocycles. The summed E-state index contributed by atoms with van der Waals surface area (Å²) in [5.41, 5.74) is 1.15. The van der Waals surface area contributed by atoms with Gasteiger partial charge in [0.1, 0.15) is 0 Å². The van der Waals surface area contributed by atoms with Crippen molar-refractivity contribution in [2.75, 3.05) is 0 Å².